The van der Waals surface area contributed by atoms with E-state index >= 15 is 0 Å². The lowest BCUT2D eigenvalue weighted by atomic mass is 10.1. The first-order valence-corrected chi connectivity index (χ1v) is 3.56. The molecule has 0 aromatic rings. The van der Waals surface area contributed by atoms with Crippen molar-refractivity contribution in [2.45, 2.75) is 13.3 Å². The van der Waals surface area contributed by atoms with Gasteiger partial charge in [-0.1, -0.05) is 22.0 Å². The van der Waals surface area contributed by atoms with Gasteiger partial charge in [-0.15, -0.1) is 0 Å². The third kappa shape index (κ3) is 1.52. The van der Waals surface area contributed by atoms with Gasteiger partial charge >= 0.3 is 0 Å². The number of rotatable bonds is 0. The van der Waals surface area contributed by atoms with Crippen molar-refractivity contribution < 1.29 is 4.79 Å². The van der Waals surface area contributed by atoms with Crippen molar-refractivity contribution in [3.8, 4) is 0 Å². The summed E-state index contributed by atoms with van der Waals surface area (Å²) in [6, 6.07) is 0. The number of carbonyl (C=O) groups is 1. The van der Waals surface area contributed by atoms with Gasteiger partial charge in [-0.2, -0.15) is 0 Å². The molecule has 0 unspecified atom stereocenters. The number of Topliss-reactive ketones (excluding diaryl/α,β-unsaturated/α-hetero) is 1. The molecule has 9 heavy (non-hydrogen) atoms. The van der Waals surface area contributed by atoms with Crippen molar-refractivity contribution in [1.29, 1.82) is 0 Å². The van der Waals surface area contributed by atoms with E-state index in [1.807, 2.05) is 19.1 Å². The number of ketones is 1. The fourth-order valence-corrected chi connectivity index (χ4v) is 1.20. The Bertz CT molecular complexity index is 201. The molecule has 0 aromatic carbocycles. The zero-order valence-electron chi connectivity index (χ0n) is 5.15. The first-order valence-electron chi connectivity index (χ1n) is 2.77. The molecule has 0 amide bonds. The second-order valence-corrected chi connectivity index (χ2v) is 2.96. The summed E-state index contributed by atoms with van der Waals surface area (Å²) in [6.45, 7) is 1.83. The lowest BCUT2D eigenvalue weighted by Crippen LogP contribution is -2.00. The molecule has 0 N–H and O–H groups in total. The molecule has 0 radical (unpaired) electrons. The normalized spacial score (nSPS) is 19.1. The molecule has 48 valence electrons. The van der Waals surface area contributed by atoms with Crippen LogP contribution in [0.4, 0.5) is 0 Å². The van der Waals surface area contributed by atoms with Crippen LogP contribution in [-0.2, 0) is 4.79 Å². The van der Waals surface area contributed by atoms with E-state index < -0.39 is 0 Å². The fourth-order valence-electron chi connectivity index (χ4n) is 0.697. The van der Waals surface area contributed by atoms with Crippen LogP contribution in [0, 0.1) is 0 Å². The Balaban J connectivity index is 2.87. The molecule has 1 rings (SSSR count). The first kappa shape index (κ1) is 6.75. The Labute approximate surface area is 62.6 Å². The zero-order valence-corrected chi connectivity index (χ0v) is 6.73. The molecule has 0 fully saturated rings. The minimum atomic E-state index is 0.221. The largest absolute Gasteiger partial charge is 0.294 e. The first-order chi connectivity index (χ1) is 4.20. The van der Waals surface area contributed by atoms with Crippen LogP contribution in [0.15, 0.2) is 22.2 Å². The molecule has 0 aromatic heterocycles. The van der Waals surface area contributed by atoms with Crippen molar-refractivity contribution in [2.75, 3.05) is 0 Å². The van der Waals surface area contributed by atoms with Crippen molar-refractivity contribution in [3.05, 3.63) is 22.2 Å². The maximum Gasteiger partial charge on any atom is 0.162 e. The topological polar surface area (TPSA) is 17.1 Å². The number of hydrogen-bond donors (Lipinski definition) is 0. The van der Waals surface area contributed by atoms with Crippen LogP contribution < -0.4 is 0 Å². The Morgan fingerprint density at radius 1 is 1.67 bits per heavy atom. The Hall–Kier alpha value is -0.370. The summed E-state index contributed by atoms with van der Waals surface area (Å²) in [5, 5.41) is 0. The monoisotopic (exact) mass is 186 g/mol. The van der Waals surface area contributed by atoms with Gasteiger partial charge in [0.1, 0.15) is 0 Å². The summed E-state index contributed by atoms with van der Waals surface area (Å²) in [4.78, 5) is 10.8. The van der Waals surface area contributed by atoms with Gasteiger partial charge in [0, 0.05) is 10.9 Å². The minimum Gasteiger partial charge on any atom is -0.294 e. The molecule has 0 aliphatic heterocycles. The van der Waals surface area contributed by atoms with Crippen LogP contribution in [0.2, 0.25) is 0 Å². The molecule has 1 aliphatic rings. The summed E-state index contributed by atoms with van der Waals surface area (Å²) in [5.74, 6) is 0.221. The lowest BCUT2D eigenvalue weighted by Gasteiger charge is -2.02. The van der Waals surface area contributed by atoms with Crippen molar-refractivity contribution >= 4 is 21.7 Å². The van der Waals surface area contributed by atoms with Crippen molar-refractivity contribution in [3.63, 3.8) is 0 Å². The summed E-state index contributed by atoms with van der Waals surface area (Å²) in [7, 11) is 0. The number of hydrogen-bond acceptors (Lipinski definition) is 1. The van der Waals surface area contributed by atoms with Gasteiger partial charge in [-0.05, 0) is 18.6 Å². The second-order valence-electron chi connectivity index (χ2n) is 2.04. The summed E-state index contributed by atoms with van der Waals surface area (Å²) in [5.41, 5.74) is 0.837. The van der Waals surface area contributed by atoms with Crippen LogP contribution in [0.3, 0.4) is 0 Å². The molecule has 0 saturated heterocycles. The summed E-state index contributed by atoms with van der Waals surface area (Å²) >= 11 is 3.29. The Morgan fingerprint density at radius 3 is 2.78 bits per heavy atom. The van der Waals surface area contributed by atoms with Crippen LogP contribution in [-0.4, -0.2) is 5.78 Å². The van der Waals surface area contributed by atoms with Crippen molar-refractivity contribution in [1.82, 2.24) is 0 Å². The lowest BCUT2D eigenvalue weighted by molar-refractivity contribution is -0.114. The van der Waals surface area contributed by atoms with Gasteiger partial charge in [0.25, 0.3) is 0 Å². The molecular weight excluding hydrogens is 180 g/mol. The standard InChI is InChI=1S/C7H7BrO/c1-5-4-6(8)2-3-7(5)9/h2,4H,3H2,1H3. The molecule has 2 heteroatoms. The van der Waals surface area contributed by atoms with Crippen LogP contribution >= 0.6 is 15.9 Å². The molecule has 0 spiro atoms. The predicted octanol–water partition coefficient (Wildman–Crippen LogP) is 2.18. The van der Waals surface area contributed by atoms with Gasteiger partial charge in [0.2, 0.25) is 0 Å². The van der Waals surface area contributed by atoms with Crippen LogP contribution in [0.25, 0.3) is 0 Å². The van der Waals surface area contributed by atoms with Gasteiger partial charge in [-0.25, -0.2) is 0 Å². The molecule has 0 atom stereocenters. The molecule has 0 saturated carbocycles. The third-order valence-electron chi connectivity index (χ3n) is 1.28. The highest BCUT2D eigenvalue weighted by molar-refractivity contribution is 9.11. The van der Waals surface area contributed by atoms with E-state index in [1.54, 1.807) is 0 Å². The fraction of sp³-hybridized carbons (Fsp3) is 0.286. The van der Waals surface area contributed by atoms with E-state index in [1.165, 1.54) is 0 Å². The highest BCUT2D eigenvalue weighted by Crippen LogP contribution is 2.17. The smallest absolute Gasteiger partial charge is 0.162 e. The average Bonchev–Trinajstić information content (AvgIpc) is 1.80. The molecule has 1 aliphatic carbocycles. The maximum atomic E-state index is 10.8. The van der Waals surface area contributed by atoms with Crippen LogP contribution in [0.1, 0.15) is 13.3 Å². The second kappa shape index (κ2) is 2.48. The van der Waals surface area contributed by atoms with E-state index in [-0.39, 0.29) is 5.78 Å². The number of allylic oxidation sites excluding steroid dienone is 4. The van der Waals surface area contributed by atoms with E-state index in [2.05, 4.69) is 15.9 Å². The van der Waals surface area contributed by atoms with Gasteiger partial charge in [0.15, 0.2) is 5.78 Å². The average molecular weight is 187 g/mol. The van der Waals surface area contributed by atoms with E-state index in [9.17, 15) is 4.79 Å². The highest BCUT2D eigenvalue weighted by Gasteiger charge is 2.06. The van der Waals surface area contributed by atoms with Gasteiger partial charge < -0.3 is 0 Å². The van der Waals surface area contributed by atoms with Gasteiger partial charge in [-0.3, -0.25) is 4.79 Å². The van der Waals surface area contributed by atoms with Crippen LogP contribution in [0.5, 0.6) is 0 Å². The number of halogens is 1. The van der Waals surface area contributed by atoms with Crippen molar-refractivity contribution in [2.24, 2.45) is 0 Å². The SMILES string of the molecule is CC1=CC(Br)=CCC1=O. The molecule has 1 nitrogen and oxygen atoms in total. The quantitative estimate of drug-likeness (QED) is 0.568. The molecule has 0 heterocycles. The van der Waals surface area contributed by atoms with Gasteiger partial charge in [0.05, 0.1) is 0 Å². The summed E-state index contributed by atoms with van der Waals surface area (Å²) < 4.78 is 1.01. The van der Waals surface area contributed by atoms with E-state index in [0.717, 1.165) is 10.1 Å². The molecular formula is C7H7BrO. The molecule has 0 bridgehead atoms. The Kier molecular flexibility index (Phi) is 1.86. The highest BCUT2D eigenvalue weighted by atomic mass is 79.9. The maximum absolute atomic E-state index is 10.8. The Morgan fingerprint density at radius 2 is 2.33 bits per heavy atom. The minimum absolute atomic E-state index is 0.221. The number of carbonyl (C=O) groups excluding carboxylic acids is 1. The van der Waals surface area contributed by atoms with E-state index in [0.29, 0.717) is 6.42 Å². The predicted molar refractivity (Wildman–Crippen MR) is 40.4 cm³/mol. The summed E-state index contributed by atoms with van der Waals surface area (Å²) in [6.07, 6.45) is 4.25. The third-order valence-corrected chi connectivity index (χ3v) is 1.83. The van der Waals surface area contributed by atoms with E-state index in [4.69, 9.17) is 0 Å². The zero-order chi connectivity index (χ0) is 6.85.